The van der Waals surface area contributed by atoms with Gasteiger partial charge in [0.1, 0.15) is 0 Å². The molecule has 4 nitrogen and oxygen atoms in total. The molecule has 1 amide bonds. The summed E-state index contributed by atoms with van der Waals surface area (Å²) in [5.74, 6) is -0.543. The van der Waals surface area contributed by atoms with Crippen LogP contribution in [-0.4, -0.2) is 12.5 Å². The second kappa shape index (κ2) is 6.56. The van der Waals surface area contributed by atoms with Crippen molar-refractivity contribution in [3.05, 3.63) is 54.3 Å². The van der Waals surface area contributed by atoms with Crippen LogP contribution in [0, 0.1) is 5.82 Å². The molecule has 0 aliphatic heterocycles. The highest BCUT2D eigenvalue weighted by Crippen LogP contribution is 2.17. The Labute approximate surface area is 116 Å². The normalized spacial score (nSPS) is 10.1. The average molecular weight is 274 g/mol. The summed E-state index contributed by atoms with van der Waals surface area (Å²) in [6.45, 7) is 0.0967. The first-order chi connectivity index (χ1) is 9.66. The molecule has 0 saturated heterocycles. The third kappa shape index (κ3) is 3.71. The van der Waals surface area contributed by atoms with Gasteiger partial charge in [0.2, 0.25) is 5.91 Å². The van der Waals surface area contributed by atoms with Crippen molar-refractivity contribution in [3.63, 3.8) is 0 Å². The number of ether oxygens (including phenoxy) is 1. The molecule has 0 heterocycles. The van der Waals surface area contributed by atoms with Crippen molar-refractivity contribution in [1.82, 2.24) is 0 Å². The minimum absolute atomic E-state index is 0.0967. The van der Waals surface area contributed by atoms with E-state index in [1.807, 2.05) is 0 Å². The second-order valence-electron chi connectivity index (χ2n) is 4.16. The van der Waals surface area contributed by atoms with E-state index in [9.17, 15) is 9.18 Å². The number of benzene rings is 2. The zero-order chi connectivity index (χ0) is 14.4. The van der Waals surface area contributed by atoms with E-state index in [2.05, 4.69) is 5.32 Å². The molecular weight excluding hydrogens is 259 g/mol. The van der Waals surface area contributed by atoms with Crippen LogP contribution in [0.4, 0.5) is 15.8 Å². The molecule has 0 radical (unpaired) electrons. The molecule has 5 heteroatoms. The number of amides is 1. The summed E-state index contributed by atoms with van der Waals surface area (Å²) in [6, 6.07) is 13.0. The van der Waals surface area contributed by atoms with Crippen LogP contribution in [0.2, 0.25) is 0 Å². The smallest absolute Gasteiger partial charge is 0.227 e. The predicted molar refractivity (Wildman–Crippen MR) is 76.0 cm³/mol. The van der Waals surface area contributed by atoms with E-state index in [1.165, 1.54) is 12.1 Å². The number of rotatable bonds is 5. The highest BCUT2D eigenvalue weighted by molar-refractivity contribution is 5.93. The molecule has 0 aromatic heterocycles. The van der Waals surface area contributed by atoms with Crippen molar-refractivity contribution in [1.29, 1.82) is 0 Å². The lowest BCUT2D eigenvalue weighted by molar-refractivity contribution is -0.116. The molecule has 0 atom stereocenters. The van der Waals surface area contributed by atoms with Crippen LogP contribution in [-0.2, 0) is 4.79 Å². The van der Waals surface area contributed by atoms with Gasteiger partial charge in [0.05, 0.1) is 24.4 Å². The lowest BCUT2D eigenvalue weighted by atomic mass is 10.2. The monoisotopic (exact) mass is 274 g/mol. The van der Waals surface area contributed by atoms with Crippen molar-refractivity contribution < 1.29 is 13.9 Å². The molecular formula is C15H15FN2O2. The van der Waals surface area contributed by atoms with E-state index in [-0.39, 0.29) is 24.7 Å². The number of nitrogens with one attached hydrogen (secondary N) is 1. The number of hydrogen-bond acceptors (Lipinski definition) is 3. The van der Waals surface area contributed by atoms with E-state index in [1.54, 1.807) is 36.4 Å². The average Bonchev–Trinajstić information content (AvgIpc) is 2.43. The standard InChI is InChI=1S/C15H15FN2O2/c16-11-5-1-4-8-14(11)20-10-9-15(19)18-13-7-3-2-6-12(13)17/h1-8H,9-10,17H2,(H,18,19). The highest BCUT2D eigenvalue weighted by atomic mass is 19.1. The van der Waals surface area contributed by atoms with Gasteiger partial charge in [-0.3, -0.25) is 4.79 Å². The summed E-state index contributed by atoms with van der Waals surface area (Å²) in [7, 11) is 0. The molecule has 2 aromatic carbocycles. The SMILES string of the molecule is Nc1ccccc1NC(=O)CCOc1ccccc1F. The molecule has 2 rings (SSSR count). The first kappa shape index (κ1) is 13.9. The Morgan fingerprint density at radius 2 is 1.85 bits per heavy atom. The largest absolute Gasteiger partial charge is 0.490 e. The number of carbonyl (C=O) groups is 1. The van der Waals surface area contributed by atoms with E-state index in [4.69, 9.17) is 10.5 Å². The molecule has 0 aliphatic carbocycles. The molecule has 0 saturated carbocycles. The number of para-hydroxylation sites is 3. The maximum absolute atomic E-state index is 13.3. The lowest BCUT2D eigenvalue weighted by Gasteiger charge is -2.09. The first-order valence-electron chi connectivity index (χ1n) is 6.18. The van der Waals surface area contributed by atoms with Crippen LogP contribution in [0.15, 0.2) is 48.5 Å². The van der Waals surface area contributed by atoms with Gasteiger partial charge in [0.25, 0.3) is 0 Å². The van der Waals surface area contributed by atoms with Crippen molar-refractivity contribution >= 4 is 17.3 Å². The van der Waals surface area contributed by atoms with Crippen molar-refractivity contribution in [2.45, 2.75) is 6.42 Å². The molecule has 104 valence electrons. The van der Waals surface area contributed by atoms with Gasteiger partial charge in [0.15, 0.2) is 11.6 Å². The fraction of sp³-hybridized carbons (Fsp3) is 0.133. The van der Waals surface area contributed by atoms with Gasteiger partial charge in [-0.25, -0.2) is 4.39 Å². The first-order valence-corrected chi connectivity index (χ1v) is 6.18. The second-order valence-corrected chi connectivity index (χ2v) is 4.16. The van der Waals surface area contributed by atoms with Gasteiger partial charge in [-0.2, -0.15) is 0 Å². The number of nitrogen functional groups attached to an aromatic ring is 1. The summed E-state index contributed by atoms with van der Waals surface area (Å²) in [6.07, 6.45) is 0.114. The predicted octanol–water partition coefficient (Wildman–Crippen LogP) is 2.82. The van der Waals surface area contributed by atoms with E-state index >= 15 is 0 Å². The van der Waals surface area contributed by atoms with Gasteiger partial charge in [-0.1, -0.05) is 24.3 Å². The van der Waals surface area contributed by atoms with Crippen LogP contribution >= 0.6 is 0 Å². The van der Waals surface area contributed by atoms with Crippen LogP contribution in [0.1, 0.15) is 6.42 Å². The zero-order valence-corrected chi connectivity index (χ0v) is 10.8. The fourth-order valence-electron chi connectivity index (χ4n) is 1.64. The summed E-state index contributed by atoms with van der Waals surface area (Å²) in [5, 5.41) is 2.67. The van der Waals surface area contributed by atoms with Crippen LogP contribution < -0.4 is 15.8 Å². The summed E-state index contributed by atoms with van der Waals surface area (Å²) in [4.78, 5) is 11.7. The summed E-state index contributed by atoms with van der Waals surface area (Å²) >= 11 is 0. The van der Waals surface area contributed by atoms with Gasteiger partial charge in [-0.05, 0) is 24.3 Å². The Morgan fingerprint density at radius 3 is 2.60 bits per heavy atom. The van der Waals surface area contributed by atoms with Gasteiger partial charge in [0, 0.05) is 0 Å². The van der Waals surface area contributed by atoms with Crippen molar-refractivity contribution in [2.75, 3.05) is 17.7 Å². The molecule has 0 aliphatic rings. The number of carbonyl (C=O) groups excluding carboxylic acids is 1. The Hall–Kier alpha value is -2.56. The van der Waals surface area contributed by atoms with Gasteiger partial charge >= 0.3 is 0 Å². The Kier molecular flexibility index (Phi) is 4.55. The maximum atomic E-state index is 13.3. The maximum Gasteiger partial charge on any atom is 0.227 e. The molecule has 0 bridgehead atoms. The third-order valence-electron chi connectivity index (χ3n) is 2.66. The van der Waals surface area contributed by atoms with E-state index in [0.29, 0.717) is 11.4 Å². The molecule has 0 fully saturated rings. The Bertz CT molecular complexity index is 602. The van der Waals surface area contributed by atoms with E-state index < -0.39 is 5.82 Å². The molecule has 0 unspecified atom stereocenters. The summed E-state index contributed by atoms with van der Waals surface area (Å²) in [5.41, 5.74) is 6.77. The number of halogens is 1. The van der Waals surface area contributed by atoms with Gasteiger partial charge in [-0.15, -0.1) is 0 Å². The number of anilines is 2. The topological polar surface area (TPSA) is 64.3 Å². The quantitative estimate of drug-likeness (QED) is 0.824. The summed E-state index contributed by atoms with van der Waals surface area (Å²) < 4.78 is 18.5. The van der Waals surface area contributed by atoms with Crippen LogP contribution in [0.5, 0.6) is 5.75 Å². The Morgan fingerprint density at radius 1 is 1.15 bits per heavy atom. The van der Waals surface area contributed by atoms with Crippen LogP contribution in [0.25, 0.3) is 0 Å². The molecule has 0 spiro atoms. The minimum Gasteiger partial charge on any atom is -0.490 e. The van der Waals surface area contributed by atoms with Crippen LogP contribution in [0.3, 0.4) is 0 Å². The minimum atomic E-state index is -0.444. The molecule has 3 N–H and O–H groups in total. The van der Waals surface area contributed by atoms with Crippen molar-refractivity contribution in [3.8, 4) is 5.75 Å². The molecule has 20 heavy (non-hydrogen) atoms. The highest BCUT2D eigenvalue weighted by Gasteiger charge is 2.06. The Balaban J connectivity index is 1.82. The third-order valence-corrected chi connectivity index (χ3v) is 2.66. The van der Waals surface area contributed by atoms with E-state index in [0.717, 1.165) is 0 Å². The number of hydrogen-bond donors (Lipinski definition) is 2. The fourth-order valence-corrected chi connectivity index (χ4v) is 1.64. The van der Waals surface area contributed by atoms with Gasteiger partial charge < -0.3 is 15.8 Å². The van der Waals surface area contributed by atoms with Crippen molar-refractivity contribution in [2.24, 2.45) is 0 Å². The number of nitrogens with two attached hydrogens (primary N) is 1. The molecule has 2 aromatic rings. The zero-order valence-electron chi connectivity index (χ0n) is 10.8. The lowest BCUT2D eigenvalue weighted by Crippen LogP contribution is -2.16.